The normalized spacial score (nSPS) is 11.8. The minimum absolute atomic E-state index is 0.245. The van der Waals surface area contributed by atoms with Gasteiger partial charge in [-0.15, -0.1) is 0 Å². The zero-order valence-electron chi connectivity index (χ0n) is 17.5. The fourth-order valence-corrected chi connectivity index (χ4v) is 2.79. The number of nitriles is 1. The van der Waals surface area contributed by atoms with Gasteiger partial charge < -0.3 is 20.1 Å². The summed E-state index contributed by atoms with van der Waals surface area (Å²) in [6.45, 7) is 1.30. The van der Waals surface area contributed by atoms with Gasteiger partial charge in [-0.05, 0) is 48.4 Å². The van der Waals surface area contributed by atoms with Crippen LogP contribution in [0.15, 0.2) is 42.5 Å². The molecule has 1 atom stereocenters. The van der Waals surface area contributed by atoms with Gasteiger partial charge in [0.2, 0.25) is 0 Å². The average molecular weight is 449 g/mol. The number of ether oxygens (including phenoxy) is 2. The van der Waals surface area contributed by atoms with E-state index in [1.807, 2.05) is 13.0 Å². The van der Waals surface area contributed by atoms with Crippen LogP contribution in [0.3, 0.4) is 0 Å². The van der Waals surface area contributed by atoms with Crippen LogP contribution in [0.25, 0.3) is 0 Å². The number of aryl methyl sites for hydroxylation is 1. The van der Waals surface area contributed by atoms with Gasteiger partial charge in [0.1, 0.15) is 12.4 Å². The fourth-order valence-electron chi connectivity index (χ4n) is 2.79. The smallest absolute Gasteiger partial charge is 0.471 e. The van der Waals surface area contributed by atoms with Crippen molar-refractivity contribution in [3.8, 4) is 11.8 Å². The van der Waals surface area contributed by atoms with E-state index in [1.165, 1.54) is 7.11 Å². The number of alkyl halides is 3. The molecule has 0 saturated carbocycles. The Balaban J connectivity index is 2.25. The maximum absolute atomic E-state index is 12.5. The molecule has 1 amide bonds. The van der Waals surface area contributed by atoms with E-state index in [2.05, 4.69) is 5.32 Å². The molecule has 10 heteroatoms. The molecule has 1 unspecified atom stereocenters. The Morgan fingerprint density at radius 1 is 1.16 bits per heavy atom. The summed E-state index contributed by atoms with van der Waals surface area (Å²) in [4.78, 5) is 23.5. The Kier molecular flexibility index (Phi) is 8.46. The summed E-state index contributed by atoms with van der Waals surface area (Å²) in [6, 6.07) is 12.6. The number of anilines is 1. The topological polar surface area (TPSA) is 100 Å². The van der Waals surface area contributed by atoms with Crippen molar-refractivity contribution in [2.45, 2.75) is 25.6 Å². The van der Waals surface area contributed by atoms with Crippen molar-refractivity contribution in [1.29, 1.82) is 5.26 Å². The van der Waals surface area contributed by atoms with E-state index in [1.54, 1.807) is 47.8 Å². The fraction of sp³-hybridized carbons (Fsp3) is 0.318. The van der Waals surface area contributed by atoms with Gasteiger partial charge in [-0.2, -0.15) is 18.4 Å². The minimum atomic E-state index is -4.98. The summed E-state index contributed by atoms with van der Waals surface area (Å²) in [6.07, 6.45) is -4.31. The van der Waals surface area contributed by atoms with Crippen LogP contribution in [0.5, 0.6) is 5.75 Å². The number of esters is 1. The van der Waals surface area contributed by atoms with Gasteiger partial charge in [0, 0.05) is 11.3 Å². The second-order valence-electron chi connectivity index (χ2n) is 6.62. The number of nitrogens with zero attached hydrogens (tertiary/aromatic N) is 1. The van der Waals surface area contributed by atoms with Gasteiger partial charge in [0.15, 0.2) is 6.04 Å². The second kappa shape index (κ2) is 11.0. The van der Waals surface area contributed by atoms with Crippen LogP contribution in [0.1, 0.15) is 29.7 Å². The Hall–Kier alpha value is -3.74. The van der Waals surface area contributed by atoms with Crippen molar-refractivity contribution in [2.24, 2.45) is 0 Å². The Bertz CT molecular complexity index is 985. The molecule has 2 N–H and O–H groups in total. The molecule has 7 nitrogen and oxygen atoms in total. The summed E-state index contributed by atoms with van der Waals surface area (Å²) >= 11 is 0. The van der Waals surface area contributed by atoms with E-state index in [4.69, 9.17) is 14.7 Å². The van der Waals surface area contributed by atoms with Gasteiger partial charge in [-0.1, -0.05) is 13.0 Å². The predicted molar refractivity (Wildman–Crippen MR) is 110 cm³/mol. The van der Waals surface area contributed by atoms with E-state index < -0.39 is 24.1 Å². The van der Waals surface area contributed by atoms with Gasteiger partial charge in [-0.3, -0.25) is 4.79 Å². The van der Waals surface area contributed by atoms with Crippen molar-refractivity contribution < 1.29 is 32.2 Å². The van der Waals surface area contributed by atoms with E-state index in [0.717, 1.165) is 5.56 Å². The number of benzene rings is 2. The van der Waals surface area contributed by atoms with Crippen molar-refractivity contribution in [3.05, 3.63) is 59.2 Å². The molecule has 0 fully saturated rings. The monoisotopic (exact) mass is 449 g/mol. The molecule has 0 saturated heterocycles. The maximum Gasteiger partial charge on any atom is 0.471 e. The van der Waals surface area contributed by atoms with Crippen LogP contribution in [0.2, 0.25) is 0 Å². The largest absolute Gasteiger partial charge is 0.491 e. The zero-order chi connectivity index (χ0) is 23.7. The molecular formula is C22H22F3N3O4. The summed E-state index contributed by atoms with van der Waals surface area (Å²) in [5.41, 5.74) is 2.31. The maximum atomic E-state index is 12.5. The highest BCUT2D eigenvalue weighted by molar-refractivity contribution is 5.82. The number of carbonyl (C=O) groups is 2. The SMILES string of the molecule is CCc1ccc(OCCNC(=O)C(F)(F)F)c(C(Nc2ccc(C#N)cc2)C(=O)OC)c1. The number of amides is 1. The summed E-state index contributed by atoms with van der Waals surface area (Å²) in [7, 11) is 1.23. The van der Waals surface area contributed by atoms with Crippen molar-refractivity contribution in [3.63, 3.8) is 0 Å². The lowest BCUT2D eigenvalue weighted by molar-refractivity contribution is -0.173. The molecule has 32 heavy (non-hydrogen) atoms. The first-order chi connectivity index (χ1) is 15.2. The second-order valence-corrected chi connectivity index (χ2v) is 6.62. The molecule has 0 aromatic heterocycles. The molecule has 0 aliphatic rings. The molecule has 0 aliphatic carbocycles. The highest BCUT2D eigenvalue weighted by Crippen LogP contribution is 2.31. The molecule has 0 aliphatic heterocycles. The third-order valence-electron chi connectivity index (χ3n) is 4.46. The quantitative estimate of drug-likeness (QED) is 0.449. The summed E-state index contributed by atoms with van der Waals surface area (Å²) in [5.74, 6) is -2.42. The van der Waals surface area contributed by atoms with Crippen molar-refractivity contribution >= 4 is 17.6 Å². The summed E-state index contributed by atoms with van der Waals surface area (Å²) in [5, 5.41) is 13.7. The molecular weight excluding hydrogens is 427 g/mol. The number of nitrogens with one attached hydrogen (secondary N) is 2. The lowest BCUT2D eigenvalue weighted by Gasteiger charge is -2.22. The third kappa shape index (κ3) is 6.63. The van der Waals surface area contributed by atoms with Gasteiger partial charge in [0.25, 0.3) is 0 Å². The Morgan fingerprint density at radius 2 is 1.84 bits per heavy atom. The van der Waals surface area contributed by atoms with Crippen molar-refractivity contribution in [2.75, 3.05) is 25.6 Å². The Labute approximate surface area is 183 Å². The van der Waals surface area contributed by atoms with Crippen LogP contribution < -0.4 is 15.4 Å². The van der Waals surface area contributed by atoms with E-state index in [0.29, 0.717) is 23.2 Å². The molecule has 0 bridgehead atoms. The average Bonchev–Trinajstić information content (AvgIpc) is 2.79. The number of halogens is 3. The first-order valence-electron chi connectivity index (χ1n) is 9.64. The molecule has 0 radical (unpaired) electrons. The van der Waals surface area contributed by atoms with E-state index >= 15 is 0 Å². The number of hydrogen-bond acceptors (Lipinski definition) is 6. The number of rotatable bonds is 9. The number of hydrogen-bond donors (Lipinski definition) is 2. The van der Waals surface area contributed by atoms with E-state index in [9.17, 15) is 22.8 Å². The molecule has 0 spiro atoms. The van der Waals surface area contributed by atoms with Gasteiger partial charge in [0.05, 0.1) is 25.3 Å². The van der Waals surface area contributed by atoms with E-state index in [-0.39, 0.29) is 18.9 Å². The van der Waals surface area contributed by atoms with Crippen molar-refractivity contribution in [1.82, 2.24) is 5.32 Å². The Morgan fingerprint density at radius 3 is 2.41 bits per heavy atom. The first kappa shape index (κ1) is 24.5. The molecule has 0 heterocycles. The van der Waals surface area contributed by atoms with Crippen LogP contribution in [-0.2, 0) is 20.7 Å². The van der Waals surface area contributed by atoms with Gasteiger partial charge >= 0.3 is 18.1 Å². The van der Waals surface area contributed by atoms with Crippen LogP contribution in [0, 0.1) is 11.3 Å². The molecule has 2 aromatic rings. The predicted octanol–water partition coefficient (Wildman–Crippen LogP) is 3.50. The standard InChI is InChI=1S/C22H22F3N3O4/c1-3-14-6-9-18(32-11-10-27-21(30)22(23,24)25)17(12-14)19(20(29)31-2)28-16-7-4-15(13-26)5-8-16/h4-9,12,19,28H,3,10-11H2,1-2H3,(H,27,30). The van der Waals surface area contributed by atoms with Crippen LogP contribution >= 0.6 is 0 Å². The molecule has 2 aromatic carbocycles. The summed E-state index contributed by atoms with van der Waals surface area (Å²) < 4.78 is 47.4. The minimum Gasteiger partial charge on any atom is -0.491 e. The first-order valence-corrected chi connectivity index (χ1v) is 9.64. The zero-order valence-corrected chi connectivity index (χ0v) is 17.5. The third-order valence-corrected chi connectivity index (χ3v) is 4.46. The highest BCUT2D eigenvalue weighted by atomic mass is 19.4. The molecule has 170 valence electrons. The number of methoxy groups -OCH3 is 1. The lowest BCUT2D eigenvalue weighted by Crippen LogP contribution is -2.38. The van der Waals surface area contributed by atoms with Gasteiger partial charge in [-0.25, -0.2) is 4.79 Å². The highest BCUT2D eigenvalue weighted by Gasteiger charge is 2.38. The van der Waals surface area contributed by atoms with Crippen LogP contribution in [0.4, 0.5) is 18.9 Å². The molecule has 2 rings (SSSR count). The lowest BCUT2D eigenvalue weighted by atomic mass is 10.0. The number of carbonyl (C=O) groups excluding carboxylic acids is 2. The van der Waals surface area contributed by atoms with Crippen LogP contribution in [-0.4, -0.2) is 38.3 Å².